The molecule has 1 atom stereocenters. The van der Waals surface area contributed by atoms with Crippen LogP contribution < -0.4 is 10.2 Å². The van der Waals surface area contributed by atoms with Gasteiger partial charge in [0.05, 0.1) is 0 Å². The van der Waals surface area contributed by atoms with Crippen LogP contribution in [0.25, 0.3) is 0 Å². The standard InChI is InChI=1S/C15H23BrN2O/c1-15(2)10-17-9-14(7-8-19)18(11-15)13-5-3-12(16)4-6-13/h3-6,14,17,19H,7-11H2,1-2H3. The van der Waals surface area contributed by atoms with Crippen LogP contribution in [-0.4, -0.2) is 37.4 Å². The van der Waals surface area contributed by atoms with E-state index in [0.717, 1.165) is 30.5 Å². The Balaban J connectivity index is 2.26. The van der Waals surface area contributed by atoms with Gasteiger partial charge in [-0.3, -0.25) is 0 Å². The second-order valence-electron chi connectivity index (χ2n) is 6.07. The van der Waals surface area contributed by atoms with Crippen LogP contribution >= 0.6 is 15.9 Å². The summed E-state index contributed by atoms with van der Waals surface area (Å²) >= 11 is 3.48. The van der Waals surface area contributed by atoms with Gasteiger partial charge in [0.2, 0.25) is 0 Å². The normalized spacial score (nSPS) is 23.2. The monoisotopic (exact) mass is 326 g/mol. The van der Waals surface area contributed by atoms with Crippen LogP contribution in [-0.2, 0) is 0 Å². The van der Waals surface area contributed by atoms with E-state index in [2.05, 4.69) is 64.3 Å². The van der Waals surface area contributed by atoms with Crippen molar-refractivity contribution >= 4 is 21.6 Å². The van der Waals surface area contributed by atoms with Crippen LogP contribution in [0.4, 0.5) is 5.69 Å². The van der Waals surface area contributed by atoms with Gasteiger partial charge in [-0.25, -0.2) is 0 Å². The van der Waals surface area contributed by atoms with Gasteiger partial charge in [0.15, 0.2) is 0 Å². The maximum Gasteiger partial charge on any atom is 0.0451 e. The van der Waals surface area contributed by atoms with Gasteiger partial charge >= 0.3 is 0 Å². The van der Waals surface area contributed by atoms with Crippen molar-refractivity contribution in [3.63, 3.8) is 0 Å². The molecule has 1 unspecified atom stereocenters. The molecular formula is C15H23BrN2O. The summed E-state index contributed by atoms with van der Waals surface area (Å²) in [7, 11) is 0. The van der Waals surface area contributed by atoms with Gasteiger partial charge in [0.25, 0.3) is 0 Å². The minimum absolute atomic E-state index is 0.233. The van der Waals surface area contributed by atoms with E-state index in [4.69, 9.17) is 0 Å². The summed E-state index contributed by atoms with van der Waals surface area (Å²) in [6.45, 7) is 7.76. The molecule has 106 valence electrons. The summed E-state index contributed by atoms with van der Waals surface area (Å²) in [5, 5.41) is 12.8. The highest BCUT2D eigenvalue weighted by molar-refractivity contribution is 9.10. The minimum Gasteiger partial charge on any atom is -0.396 e. The van der Waals surface area contributed by atoms with Gasteiger partial charge < -0.3 is 15.3 Å². The lowest BCUT2D eigenvalue weighted by Gasteiger charge is -2.35. The van der Waals surface area contributed by atoms with Crippen molar-refractivity contribution in [2.75, 3.05) is 31.1 Å². The predicted molar refractivity (Wildman–Crippen MR) is 83.6 cm³/mol. The van der Waals surface area contributed by atoms with Crippen molar-refractivity contribution in [1.29, 1.82) is 0 Å². The molecule has 0 spiro atoms. The highest BCUT2D eigenvalue weighted by Crippen LogP contribution is 2.28. The Kier molecular flexibility index (Phi) is 4.87. The lowest BCUT2D eigenvalue weighted by Crippen LogP contribution is -2.42. The zero-order chi connectivity index (χ0) is 13.9. The molecule has 1 aliphatic rings. The number of nitrogens with zero attached hydrogens (tertiary/aromatic N) is 1. The third-order valence-corrected chi connectivity index (χ3v) is 4.17. The fourth-order valence-corrected chi connectivity index (χ4v) is 2.94. The smallest absolute Gasteiger partial charge is 0.0451 e. The largest absolute Gasteiger partial charge is 0.396 e. The summed E-state index contributed by atoms with van der Waals surface area (Å²) in [6.07, 6.45) is 0.805. The minimum atomic E-state index is 0.233. The van der Waals surface area contributed by atoms with Crippen molar-refractivity contribution < 1.29 is 5.11 Å². The van der Waals surface area contributed by atoms with Crippen LogP contribution in [0.2, 0.25) is 0 Å². The van der Waals surface area contributed by atoms with Crippen LogP contribution in [0.3, 0.4) is 0 Å². The summed E-state index contributed by atoms with van der Waals surface area (Å²) in [6, 6.07) is 8.81. The topological polar surface area (TPSA) is 35.5 Å². The molecule has 0 bridgehead atoms. The van der Waals surface area contributed by atoms with Gasteiger partial charge in [0.1, 0.15) is 0 Å². The van der Waals surface area contributed by atoms with E-state index in [-0.39, 0.29) is 12.0 Å². The van der Waals surface area contributed by atoms with Crippen LogP contribution in [0.15, 0.2) is 28.7 Å². The number of nitrogens with one attached hydrogen (secondary N) is 1. The van der Waals surface area contributed by atoms with Crippen LogP contribution in [0, 0.1) is 5.41 Å². The molecule has 2 rings (SSSR count). The Labute approximate surface area is 124 Å². The van der Waals surface area contributed by atoms with Gasteiger partial charge in [-0.05, 0) is 36.1 Å². The van der Waals surface area contributed by atoms with Gasteiger partial charge in [-0.1, -0.05) is 29.8 Å². The molecule has 1 heterocycles. The van der Waals surface area contributed by atoms with Crippen molar-refractivity contribution in [3.05, 3.63) is 28.7 Å². The number of hydrogen-bond acceptors (Lipinski definition) is 3. The SMILES string of the molecule is CC1(C)CNCC(CCO)N(c2ccc(Br)cc2)C1. The first-order chi connectivity index (χ1) is 9.02. The molecule has 0 aromatic heterocycles. The Morgan fingerprint density at radius 2 is 2.05 bits per heavy atom. The highest BCUT2D eigenvalue weighted by atomic mass is 79.9. The third-order valence-electron chi connectivity index (χ3n) is 3.64. The van der Waals surface area contributed by atoms with Gasteiger partial charge in [0, 0.05) is 42.4 Å². The van der Waals surface area contributed by atoms with Gasteiger partial charge in [-0.2, -0.15) is 0 Å². The first-order valence-electron chi connectivity index (χ1n) is 6.86. The number of anilines is 1. The summed E-state index contributed by atoms with van der Waals surface area (Å²) < 4.78 is 1.10. The molecule has 1 aromatic carbocycles. The third kappa shape index (κ3) is 3.94. The van der Waals surface area contributed by atoms with E-state index in [9.17, 15) is 5.11 Å². The second kappa shape index (κ2) is 6.25. The lowest BCUT2D eigenvalue weighted by molar-refractivity contribution is 0.272. The van der Waals surface area contributed by atoms with Crippen LogP contribution in [0.1, 0.15) is 20.3 Å². The first kappa shape index (κ1) is 14.8. The molecule has 0 saturated carbocycles. The molecule has 0 aliphatic carbocycles. The molecular weight excluding hydrogens is 304 g/mol. The zero-order valence-corrected chi connectivity index (χ0v) is 13.3. The number of hydrogen-bond donors (Lipinski definition) is 2. The van der Waals surface area contributed by atoms with Crippen molar-refractivity contribution in [2.45, 2.75) is 26.3 Å². The number of rotatable bonds is 3. The molecule has 3 nitrogen and oxygen atoms in total. The number of benzene rings is 1. The first-order valence-corrected chi connectivity index (χ1v) is 7.65. The molecule has 1 fully saturated rings. The molecule has 4 heteroatoms. The summed E-state index contributed by atoms with van der Waals surface area (Å²) in [5.41, 5.74) is 1.47. The van der Waals surface area contributed by atoms with Gasteiger partial charge in [-0.15, -0.1) is 0 Å². The van der Waals surface area contributed by atoms with Crippen molar-refractivity contribution in [1.82, 2.24) is 5.32 Å². The summed E-state index contributed by atoms with van der Waals surface area (Å²) in [5.74, 6) is 0. The number of aliphatic hydroxyl groups is 1. The maximum atomic E-state index is 9.29. The van der Waals surface area contributed by atoms with Crippen LogP contribution in [0.5, 0.6) is 0 Å². The predicted octanol–water partition coefficient (Wildman–Crippen LogP) is 2.64. The molecule has 0 amide bonds. The molecule has 1 aromatic rings. The Bertz CT molecular complexity index is 405. The van der Waals surface area contributed by atoms with E-state index < -0.39 is 0 Å². The number of halogens is 1. The Morgan fingerprint density at radius 1 is 1.37 bits per heavy atom. The van der Waals surface area contributed by atoms with Crippen molar-refractivity contribution in [2.24, 2.45) is 5.41 Å². The quantitative estimate of drug-likeness (QED) is 0.896. The van der Waals surface area contributed by atoms with E-state index in [1.807, 2.05) is 0 Å². The Morgan fingerprint density at radius 3 is 2.68 bits per heavy atom. The van der Waals surface area contributed by atoms with E-state index >= 15 is 0 Å². The number of aliphatic hydroxyl groups excluding tert-OH is 1. The molecule has 0 radical (unpaired) electrons. The average molecular weight is 327 g/mol. The molecule has 1 aliphatic heterocycles. The summed E-state index contributed by atoms with van der Waals surface area (Å²) in [4.78, 5) is 2.43. The fraction of sp³-hybridized carbons (Fsp3) is 0.600. The van der Waals surface area contributed by atoms with Crippen molar-refractivity contribution in [3.8, 4) is 0 Å². The highest BCUT2D eigenvalue weighted by Gasteiger charge is 2.30. The Hall–Kier alpha value is -0.580. The fourth-order valence-electron chi connectivity index (χ4n) is 2.68. The average Bonchev–Trinajstić information content (AvgIpc) is 2.50. The molecule has 19 heavy (non-hydrogen) atoms. The molecule has 1 saturated heterocycles. The zero-order valence-electron chi connectivity index (χ0n) is 11.7. The van der Waals surface area contributed by atoms with E-state index in [1.165, 1.54) is 5.69 Å². The molecule has 2 N–H and O–H groups in total. The lowest BCUT2D eigenvalue weighted by atomic mass is 9.92. The van der Waals surface area contributed by atoms with E-state index in [0.29, 0.717) is 6.04 Å². The maximum absolute atomic E-state index is 9.29. The van der Waals surface area contributed by atoms with E-state index in [1.54, 1.807) is 0 Å². The second-order valence-corrected chi connectivity index (χ2v) is 6.98.